The maximum atomic E-state index is 14.2. The van der Waals surface area contributed by atoms with Gasteiger partial charge in [-0.15, -0.1) is 0 Å². The third-order valence-electron chi connectivity index (χ3n) is 7.66. The van der Waals surface area contributed by atoms with Crippen LogP contribution in [0.2, 0.25) is 0 Å². The summed E-state index contributed by atoms with van der Waals surface area (Å²) in [6.45, 7) is 3.56. The Kier molecular flexibility index (Phi) is 10.0. The molecule has 3 aromatic rings. The number of carbonyl (C=O) groups is 2. The maximum absolute atomic E-state index is 14.2. The summed E-state index contributed by atoms with van der Waals surface area (Å²) in [6, 6.07) is 21.7. The van der Waals surface area contributed by atoms with Gasteiger partial charge in [0.1, 0.15) is 18.3 Å². The van der Waals surface area contributed by atoms with Crippen molar-refractivity contribution in [2.75, 3.05) is 18.0 Å². The van der Waals surface area contributed by atoms with Gasteiger partial charge in [0, 0.05) is 12.6 Å². The van der Waals surface area contributed by atoms with Crippen LogP contribution < -0.4 is 14.4 Å². The van der Waals surface area contributed by atoms with E-state index in [1.165, 1.54) is 24.1 Å². The summed E-state index contributed by atoms with van der Waals surface area (Å²) >= 11 is 0. The van der Waals surface area contributed by atoms with Crippen molar-refractivity contribution in [2.24, 2.45) is 0 Å². The molecule has 1 saturated carbocycles. The fourth-order valence-electron chi connectivity index (χ4n) is 5.26. The topological polar surface area (TPSA) is 96.0 Å². The van der Waals surface area contributed by atoms with Gasteiger partial charge in [0.05, 0.1) is 17.7 Å². The summed E-state index contributed by atoms with van der Waals surface area (Å²) in [5.74, 6) is -0.136. The standard InChI is InChI=1S/C32H39N3O5S/c1-4-30(32(37)33-26-14-10-11-15-26)34(22-25-13-9-8-12-24(25)2)31(36)23-35(27-16-6-5-7-17-27)41(38,39)29-20-18-28(40-3)19-21-29/h5-9,12-13,16-21,26,30H,4,10-11,14-15,22-23H2,1-3H3,(H,33,37)/t30-/m1/s1. The Balaban J connectivity index is 1.70. The highest BCUT2D eigenvalue weighted by atomic mass is 32.2. The number of amides is 2. The van der Waals surface area contributed by atoms with Crippen molar-refractivity contribution in [3.8, 4) is 5.75 Å². The molecule has 1 N–H and O–H groups in total. The molecule has 4 rings (SSSR count). The van der Waals surface area contributed by atoms with Crippen LogP contribution in [0.1, 0.15) is 50.2 Å². The van der Waals surface area contributed by atoms with Crippen LogP contribution in [-0.4, -0.2) is 50.9 Å². The number of carbonyl (C=O) groups excluding carboxylic acids is 2. The first-order valence-electron chi connectivity index (χ1n) is 14.1. The third-order valence-corrected chi connectivity index (χ3v) is 9.45. The Labute approximate surface area is 243 Å². The van der Waals surface area contributed by atoms with Gasteiger partial charge in [-0.1, -0.05) is 62.2 Å². The lowest BCUT2D eigenvalue weighted by Gasteiger charge is -2.34. The summed E-state index contributed by atoms with van der Waals surface area (Å²) in [6.07, 6.45) is 4.39. The van der Waals surface area contributed by atoms with E-state index in [0.717, 1.165) is 41.1 Å². The zero-order valence-corrected chi connectivity index (χ0v) is 24.8. The molecule has 0 spiro atoms. The third kappa shape index (κ3) is 7.27. The second-order valence-corrected chi connectivity index (χ2v) is 12.2. The van der Waals surface area contributed by atoms with Crippen LogP contribution in [0.4, 0.5) is 5.69 Å². The molecule has 0 unspecified atom stereocenters. The molecule has 1 atom stereocenters. The second-order valence-electron chi connectivity index (χ2n) is 10.4. The van der Waals surface area contributed by atoms with E-state index in [0.29, 0.717) is 17.9 Å². The monoisotopic (exact) mass is 577 g/mol. The number of nitrogens with one attached hydrogen (secondary N) is 1. The van der Waals surface area contributed by atoms with E-state index >= 15 is 0 Å². The van der Waals surface area contributed by atoms with Crippen molar-refractivity contribution < 1.29 is 22.7 Å². The van der Waals surface area contributed by atoms with E-state index in [9.17, 15) is 18.0 Å². The number of anilines is 1. The summed E-state index contributed by atoms with van der Waals surface area (Å²) in [5, 5.41) is 3.14. The first-order chi connectivity index (χ1) is 19.7. The molecular weight excluding hydrogens is 538 g/mol. The van der Waals surface area contributed by atoms with Crippen molar-refractivity contribution in [3.05, 3.63) is 90.0 Å². The van der Waals surface area contributed by atoms with Crippen LogP contribution in [0, 0.1) is 6.92 Å². The summed E-state index contributed by atoms with van der Waals surface area (Å²) < 4.78 is 34.2. The predicted molar refractivity (Wildman–Crippen MR) is 160 cm³/mol. The van der Waals surface area contributed by atoms with Gasteiger partial charge in [0.2, 0.25) is 11.8 Å². The molecule has 8 nitrogen and oxygen atoms in total. The Morgan fingerprint density at radius 1 is 0.951 bits per heavy atom. The van der Waals surface area contributed by atoms with Gasteiger partial charge in [-0.3, -0.25) is 13.9 Å². The summed E-state index contributed by atoms with van der Waals surface area (Å²) in [4.78, 5) is 29.3. The van der Waals surface area contributed by atoms with Gasteiger partial charge in [-0.25, -0.2) is 8.42 Å². The molecule has 41 heavy (non-hydrogen) atoms. The smallest absolute Gasteiger partial charge is 0.264 e. The fraction of sp³-hybridized carbons (Fsp3) is 0.375. The second kappa shape index (κ2) is 13.7. The Morgan fingerprint density at radius 2 is 1.59 bits per heavy atom. The van der Waals surface area contributed by atoms with E-state index in [2.05, 4.69) is 5.32 Å². The van der Waals surface area contributed by atoms with E-state index in [-0.39, 0.29) is 23.4 Å². The highest BCUT2D eigenvalue weighted by Gasteiger charge is 2.34. The van der Waals surface area contributed by atoms with E-state index in [4.69, 9.17) is 4.74 Å². The quantitative estimate of drug-likeness (QED) is 0.325. The molecule has 0 aromatic heterocycles. The number of methoxy groups -OCH3 is 1. The van der Waals surface area contributed by atoms with Gasteiger partial charge in [0.15, 0.2) is 0 Å². The first-order valence-corrected chi connectivity index (χ1v) is 15.5. The molecular formula is C32H39N3O5S. The molecule has 2 amide bonds. The molecule has 1 fully saturated rings. The van der Waals surface area contributed by atoms with Crippen molar-refractivity contribution in [2.45, 2.75) is 69.5 Å². The molecule has 3 aromatic carbocycles. The lowest BCUT2D eigenvalue weighted by molar-refractivity contribution is -0.140. The van der Waals surface area contributed by atoms with Gasteiger partial charge in [-0.05, 0) is 73.7 Å². The Morgan fingerprint density at radius 3 is 2.20 bits per heavy atom. The number of rotatable bonds is 12. The van der Waals surface area contributed by atoms with Crippen LogP contribution >= 0.6 is 0 Å². The molecule has 1 aliphatic carbocycles. The molecule has 218 valence electrons. The predicted octanol–water partition coefficient (Wildman–Crippen LogP) is 5.07. The minimum Gasteiger partial charge on any atom is -0.497 e. The SMILES string of the molecule is CC[C@H](C(=O)NC1CCCC1)N(Cc1ccccc1C)C(=O)CN(c1ccccc1)S(=O)(=O)c1ccc(OC)cc1. The molecule has 0 radical (unpaired) electrons. The average Bonchev–Trinajstić information content (AvgIpc) is 3.50. The average molecular weight is 578 g/mol. The summed E-state index contributed by atoms with van der Waals surface area (Å²) in [5.41, 5.74) is 2.25. The van der Waals surface area contributed by atoms with Crippen LogP contribution in [0.15, 0.2) is 83.8 Å². The van der Waals surface area contributed by atoms with Crippen LogP contribution in [0.5, 0.6) is 5.75 Å². The Hall–Kier alpha value is -3.85. The lowest BCUT2D eigenvalue weighted by Crippen LogP contribution is -2.53. The van der Waals surface area contributed by atoms with Gasteiger partial charge in [0.25, 0.3) is 10.0 Å². The number of para-hydroxylation sites is 1. The van der Waals surface area contributed by atoms with Crippen LogP contribution in [0.25, 0.3) is 0 Å². The Bertz CT molecular complexity index is 1420. The molecule has 0 bridgehead atoms. The highest BCUT2D eigenvalue weighted by Crippen LogP contribution is 2.26. The molecule has 0 heterocycles. The minimum atomic E-state index is -4.13. The number of nitrogens with zero attached hydrogens (tertiary/aromatic N) is 2. The van der Waals surface area contributed by atoms with E-state index in [1.807, 2.05) is 38.1 Å². The number of benzene rings is 3. The molecule has 9 heteroatoms. The largest absolute Gasteiger partial charge is 0.497 e. The minimum absolute atomic E-state index is 0.0337. The number of sulfonamides is 1. The van der Waals surface area contributed by atoms with Crippen LogP contribution in [0.3, 0.4) is 0 Å². The highest BCUT2D eigenvalue weighted by molar-refractivity contribution is 7.92. The van der Waals surface area contributed by atoms with E-state index < -0.39 is 28.5 Å². The van der Waals surface area contributed by atoms with Crippen molar-refractivity contribution >= 4 is 27.5 Å². The summed E-state index contributed by atoms with van der Waals surface area (Å²) in [7, 11) is -2.62. The van der Waals surface area contributed by atoms with Crippen molar-refractivity contribution in [1.82, 2.24) is 10.2 Å². The normalized spacial score (nSPS) is 14.3. The maximum Gasteiger partial charge on any atom is 0.264 e. The van der Waals surface area contributed by atoms with Crippen molar-refractivity contribution in [1.29, 1.82) is 0 Å². The number of ether oxygens (including phenoxy) is 1. The first kappa shape index (κ1) is 30.1. The number of hydrogen-bond donors (Lipinski definition) is 1. The molecule has 0 saturated heterocycles. The molecule has 1 aliphatic rings. The van der Waals surface area contributed by atoms with Gasteiger partial charge >= 0.3 is 0 Å². The zero-order valence-electron chi connectivity index (χ0n) is 24.0. The molecule has 0 aliphatic heterocycles. The van der Waals surface area contributed by atoms with Gasteiger partial charge in [-0.2, -0.15) is 0 Å². The zero-order chi connectivity index (χ0) is 29.4. The number of hydrogen-bond acceptors (Lipinski definition) is 5. The lowest BCUT2D eigenvalue weighted by atomic mass is 10.1. The van der Waals surface area contributed by atoms with E-state index in [1.54, 1.807) is 42.5 Å². The van der Waals surface area contributed by atoms with Crippen molar-refractivity contribution in [3.63, 3.8) is 0 Å². The fourth-order valence-corrected chi connectivity index (χ4v) is 6.67. The van der Waals surface area contributed by atoms with Crippen LogP contribution in [-0.2, 0) is 26.2 Å². The number of aryl methyl sites for hydroxylation is 1. The van der Waals surface area contributed by atoms with Gasteiger partial charge < -0.3 is 15.0 Å².